The minimum absolute atomic E-state index is 0.200. The van der Waals surface area contributed by atoms with Gasteiger partial charge >= 0.3 is 0 Å². The molecular weight excluding hydrogens is 204 g/mol. The van der Waals surface area contributed by atoms with E-state index in [9.17, 15) is 15.3 Å². The number of aliphatic hydroxyl groups is 1. The molecule has 0 spiro atoms. The second-order valence-electron chi connectivity index (χ2n) is 3.79. The van der Waals surface area contributed by atoms with Crippen molar-refractivity contribution in [2.45, 2.75) is 24.9 Å². The molecule has 0 aromatic heterocycles. The normalized spacial score (nSPS) is 18.1. The predicted molar refractivity (Wildman–Crippen MR) is 52.7 cm³/mol. The Kier molecular flexibility index (Phi) is 2.09. The third kappa shape index (κ3) is 1.65. The van der Waals surface area contributed by atoms with Crippen molar-refractivity contribution in [3.05, 3.63) is 22.7 Å². The molecule has 1 aromatic rings. The first-order valence-electron chi connectivity index (χ1n) is 4.43. The van der Waals surface area contributed by atoms with Crippen molar-refractivity contribution in [1.82, 2.24) is 0 Å². The lowest BCUT2D eigenvalue weighted by Crippen LogP contribution is -2.11. The van der Waals surface area contributed by atoms with E-state index in [0.29, 0.717) is 17.0 Å². The van der Waals surface area contributed by atoms with Crippen LogP contribution >= 0.6 is 11.6 Å². The highest BCUT2D eigenvalue weighted by molar-refractivity contribution is 6.31. The maximum absolute atomic E-state index is 9.67. The molecule has 3 nitrogen and oxygen atoms in total. The zero-order chi connectivity index (χ0) is 10.3. The summed E-state index contributed by atoms with van der Waals surface area (Å²) in [5.41, 5.74) is -0.304. The molecule has 0 aliphatic heterocycles. The smallest absolute Gasteiger partial charge is 0.162 e. The molecule has 3 N–H and O–H groups in total. The van der Waals surface area contributed by atoms with E-state index in [1.807, 2.05) is 0 Å². The van der Waals surface area contributed by atoms with Crippen LogP contribution < -0.4 is 0 Å². The number of rotatable bonds is 2. The van der Waals surface area contributed by atoms with E-state index in [1.54, 1.807) is 0 Å². The summed E-state index contributed by atoms with van der Waals surface area (Å²) in [5.74, 6) is -0.425. The molecule has 1 aromatic carbocycles. The van der Waals surface area contributed by atoms with Gasteiger partial charge < -0.3 is 15.3 Å². The fourth-order valence-electron chi connectivity index (χ4n) is 1.42. The van der Waals surface area contributed by atoms with Crippen LogP contribution in [-0.4, -0.2) is 20.9 Å². The van der Waals surface area contributed by atoms with E-state index in [2.05, 4.69) is 0 Å². The van der Waals surface area contributed by atoms with Crippen molar-refractivity contribution in [3.63, 3.8) is 0 Å². The van der Waals surface area contributed by atoms with Gasteiger partial charge in [-0.25, -0.2) is 0 Å². The Hall–Kier alpha value is -0.930. The van der Waals surface area contributed by atoms with Crippen molar-refractivity contribution in [2.24, 2.45) is 0 Å². The van der Waals surface area contributed by atoms with Gasteiger partial charge in [0.15, 0.2) is 11.5 Å². The van der Waals surface area contributed by atoms with E-state index in [1.165, 1.54) is 12.1 Å². The van der Waals surface area contributed by atoms with Crippen molar-refractivity contribution >= 4 is 11.6 Å². The quantitative estimate of drug-likeness (QED) is 0.659. The van der Waals surface area contributed by atoms with E-state index in [0.717, 1.165) is 12.8 Å². The summed E-state index contributed by atoms with van der Waals surface area (Å²) in [6.07, 6.45) is 1.74. The van der Waals surface area contributed by atoms with Gasteiger partial charge in [-0.1, -0.05) is 11.6 Å². The average molecular weight is 215 g/mol. The number of halogens is 1. The number of phenols is 2. The molecule has 1 aliphatic rings. The van der Waals surface area contributed by atoms with Crippen LogP contribution in [0.1, 0.15) is 18.4 Å². The number of hydrogen-bond donors (Lipinski definition) is 3. The van der Waals surface area contributed by atoms with E-state index < -0.39 is 5.60 Å². The van der Waals surface area contributed by atoms with Gasteiger partial charge in [-0.15, -0.1) is 0 Å². The predicted octanol–water partition coefficient (Wildman–Crippen LogP) is 1.82. The molecule has 1 aliphatic carbocycles. The summed E-state index contributed by atoms with van der Waals surface area (Å²) in [7, 11) is 0. The van der Waals surface area contributed by atoms with Crippen molar-refractivity contribution in [3.8, 4) is 11.5 Å². The number of phenolic OH excluding ortho intramolecular Hbond substituents is 2. The van der Waals surface area contributed by atoms with Gasteiger partial charge in [-0.05, 0) is 25.0 Å². The molecular formula is C10H11ClO3. The molecule has 0 unspecified atom stereocenters. The number of aromatic hydroxyl groups is 2. The summed E-state index contributed by atoms with van der Waals surface area (Å²) in [4.78, 5) is 0. The molecule has 14 heavy (non-hydrogen) atoms. The fraction of sp³-hybridized carbons (Fsp3) is 0.400. The fourth-order valence-corrected chi connectivity index (χ4v) is 1.64. The van der Waals surface area contributed by atoms with Gasteiger partial charge in [-0.2, -0.15) is 0 Å². The molecule has 1 fully saturated rings. The zero-order valence-electron chi connectivity index (χ0n) is 7.50. The summed E-state index contributed by atoms with van der Waals surface area (Å²) in [5, 5.41) is 28.8. The van der Waals surface area contributed by atoms with Gasteiger partial charge in [-0.3, -0.25) is 0 Å². The molecule has 2 rings (SSSR count). The number of hydrogen-bond acceptors (Lipinski definition) is 3. The monoisotopic (exact) mass is 214 g/mol. The molecule has 0 amide bonds. The zero-order valence-corrected chi connectivity index (χ0v) is 8.25. The van der Waals surface area contributed by atoms with E-state index in [4.69, 9.17) is 11.6 Å². The lowest BCUT2D eigenvalue weighted by atomic mass is 10.0. The lowest BCUT2D eigenvalue weighted by molar-refractivity contribution is 0.150. The Labute approximate surface area is 86.6 Å². The average Bonchev–Trinajstić information content (AvgIpc) is 2.86. The van der Waals surface area contributed by atoms with Crippen molar-refractivity contribution < 1.29 is 15.3 Å². The summed E-state index contributed by atoms with van der Waals surface area (Å²) in [6, 6.07) is 2.84. The first-order valence-corrected chi connectivity index (χ1v) is 4.81. The topological polar surface area (TPSA) is 60.7 Å². The molecule has 0 atom stereocenters. The van der Waals surface area contributed by atoms with Crippen LogP contribution in [0.25, 0.3) is 0 Å². The van der Waals surface area contributed by atoms with Crippen LogP contribution in [0, 0.1) is 0 Å². The van der Waals surface area contributed by atoms with Gasteiger partial charge in [0.1, 0.15) is 0 Å². The summed E-state index contributed by atoms with van der Waals surface area (Å²) < 4.78 is 0. The van der Waals surface area contributed by atoms with Crippen molar-refractivity contribution in [1.29, 1.82) is 0 Å². The van der Waals surface area contributed by atoms with Crippen LogP contribution in [0.5, 0.6) is 11.5 Å². The van der Waals surface area contributed by atoms with Crippen LogP contribution in [0.15, 0.2) is 12.1 Å². The van der Waals surface area contributed by atoms with Gasteiger partial charge in [0.2, 0.25) is 0 Å². The Balaban J connectivity index is 2.35. The van der Waals surface area contributed by atoms with Gasteiger partial charge in [0.05, 0.1) is 5.60 Å². The first-order chi connectivity index (χ1) is 6.52. The maximum atomic E-state index is 9.67. The van der Waals surface area contributed by atoms with Gasteiger partial charge in [0, 0.05) is 17.0 Å². The largest absolute Gasteiger partial charge is 0.504 e. The number of benzene rings is 1. The molecule has 0 saturated heterocycles. The third-order valence-electron chi connectivity index (χ3n) is 2.54. The Morgan fingerprint density at radius 1 is 1.29 bits per heavy atom. The van der Waals surface area contributed by atoms with Crippen LogP contribution in [0.2, 0.25) is 5.02 Å². The molecule has 0 heterocycles. The van der Waals surface area contributed by atoms with Crippen LogP contribution in [-0.2, 0) is 6.42 Å². The SMILES string of the molecule is Oc1ccc(Cl)c(CC2(O)CC2)c1O. The maximum Gasteiger partial charge on any atom is 0.162 e. The molecule has 76 valence electrons. The van der Waals surface area contributed by atoms with E-state index in [-0.39, 0.29) is 11.5 Å². The first kappa shape index (κ1) is 9.62. The highest BCUT2D eigenvalue weighted by Gasteiger charge is 2.41. The second kappa shape index (κ2) is 3.04. The minimum atomic E-state index is -0.727. The minimum Gasteiger partial charge on any atom is -0.504 e. The van der Waals surface area contributed by atoms with Crippen molar-refractivity contribution in [2.75, 3.05) is 0 Å². The van der Waals surface area contributed by atoms with Crippen LogP contribution in [0.4, 0.5) is 0 Å². The Morgan fingerprint density at radius 2 is 1.93 bits per heavy atom. The Bertz CT molecular complexity index is 372. The lowest BCUT2D eigenvalue weighted by Gasteiger charge is -2.11. The molecule has 0 radical (unpaired) electrons. The molecule has 1 saturated carbocycles. The van der Waals surface area contributed by atoms with E-state index >= 15 is 0 Å². The standard InChI is InChI=1S/C10H11ClO3/c11-7-1-2-8(12)9(13)6(7)5-10(14)3-4-10/h1-2,12-14H,3-5H2. The van der Waals surface area contributed by atoms with Gasteiger partial charge in [0.25, 0.3) is 0 Å². The third-order valence-corrected chi connectivity index (χ3v) is 2.89. The highest BCUT2D eigenvalue weighted by atomic mass is 35.5. The highest BCUT2D eigenvalue weighted by Crippen LogP contribution is 2.43. The summed E-state index contributed by atoms with van der Waals surface area (Å²) >= 11 is 5.85. The Morgan fingerprint density at radius 3 is 2.50 bits per heavy atom. The molecule has 4 heteroatoms. The second-order valence-corrected chi connectivity index (χ2v) is 4.20. The summed E-state index contributed by atoms with van der Waals surface area (Å²) in [6.45, 7) is 0. The van der Waals surface area contributed by atoms with Crippen LogP contribution in [0.3, 0.4) is 0 Å². The molecule has 0 bridgehead atoms.